The summed E-state index contributed by atoms with van der Waals surface area (Å²) in [6.07, 6.45) is 2.35. The number of nitrogens with two attached hydrogens (primary N) is 1. The normalized spacial score (nSPS) is 23.5. The molecule has 7 heteroatoms. The van der Waals surface area contributed by atoms with E-state index in [-0.39, 0.29) is 13.2 Å². The average molecular weight is 300 g/mol. The highest BCUT2D eigenvalue weighted by molar-refractivity contribution is 6.01. The van der Waals surface area contributed by atoms with E-state index in [0.29, 0.717) is 25.8 Å². The van der Waals surface area contributed by atoms with Crippen LogP contribution in [0, 0.1) is 5.41 Å². The smallest absolute Gasteiger partial charge is 0.332 e. The fourth-order valence-electron chi connectivity index (χ4n) is 2.81. The molecule has 3 N–H and O–H groups in total. The number of hydrogen-bond donors (Lipinski definition) is 2. The lowest BCUT2D eigenvalue weighted by Crippen LogP contribution is -2.55. The number of aliphatic carboxylic acids is 1. The third-order valence-electron chi connectivity index (χ3n) is 3.88. The SMILES string of the molecule is CCCC1(C(=O)O)CCCN(C(=O)C(N)C(=O)OCC)C1. The van der Waals surface area contributed by atoms with Crippen molar-refractivity contribution in [3.8, 4) is 0 Å². The zero-order valence-electron chi connectivity index (χ0n) is 12.6. The van der Waals surface area contributed by atoms with E-state index in [2.05, 4.69) is 0 Å². The Balaban J connectivity index is 2.81. The van der Waals surface area contributed by atoms with E-state index in [9.17, 15) is 19.5 Å². The van der Waals surface area contributed by atoms with Crippen LogP contribution in [0.15, 0.2) is 0 Å². The molecule has 0 bridgehead atoms. The molecule has 0 aromatic carbocycles. The van der Waals surface area contributed by atoms with Crippen molar-refractivity contribution in [1.29, 1.82) is 0 Å². The van der Waals surface area contributed by atoms with Crippen LogP contribution in [0.5, 0.6) is 0 Å². The van der Waals surface area contributed by atoms with Crippen LogP contribution in [0.3, 0.4) is 0 Å². The highest BCUT2D eigenvalue weighted by Crippen LogP contribution is 2.35. The summed E-state index contributed by atoms with van der Waals surface area (Å²) in [7, 11) is 0. The van der Waals surface area contributed by atoms with E-state index in [1.807, 2.05) is 6.92 Å². The number of carboxylic acid groups (broad SMARTS) is 1. The molecule has 0 spiro atoms. The number of hydrogen-bond acceptors (Lipinski definition) is 5. The number of rotatable bonds is 6. The highest BCUT2D eigenvalue weighted by Gasteiger charge is 2.44. The molecule has 1 amide bonds. The van der Waals surface area contributed by atoms with E-state index in [4.69, 9.17) is 10.5 Å². The van der Waals surface area contributed by atoms with Crippen molar-refractivity contribution < 1.29 is 24.2 Å². The number of carbonyl (C=O) groups is 3. The Kier molecular flexibility index (Phi) is 6.14. The second kappa shape index (κ2) is 7.40. The first kappa shape index (κ1) is 17.4. The Morgan fingerprint density at radius 1 is 1.38 bits per heavy atom. The minimum atomic E-state index is -1.38. The number of likely N-dealkylation sites (tertiary alicyclic amines) is 1. The van der Waals surface area contributed by atoms with Crippen LogP contribution in [0.4, 0.5) is 0 Å². The van der Waals surface area contributed by atoms with Crippen molar-refractivity contribution in [2.45, 2.75) is 45.6 Å². The molecule has 120 valence electrons. The Hall–Kier alpha value is -1.63. The molecule has 0 saturated carbocycles. The minimum absolute atomic E-state index is 0.0993. The summed E-state index contributed by atoms with van der Waals surface area (Å²) < 4.78 is 4.73. The molecule has 7 nitrogen and oxygen atoms in total. The van der Waals surface area contributed by atoms with Crippen LogP contribution in [-0.4, -0.2) is 53.6 Å². The molecule has 0 aliphatic carbocycles. The van der Waals surface area contributed by atoms with Crippen molar-refractivity contribution in [2.75, 3.05) is 19.7 Å². The zero-order chi connectivity index (χ0) is 16.0. The Bertz CT molecular complexity index is 408. The number of piperidine rings is 1. The second-order valence-electron chi connectivity index (χ2n) is 5.43. The predicted octanol–water partition coefficient (Wildman–Crippen LogP) is 0.370. The molecular formula is C14H24N2O5. The highest BCUT2D eigenvalue weighted by atomic mass is 16.5. The van der Waals surface area contributed by atoms with Gasteiger partial charge in [0.1, 0.15) is 0 Å². The molecule has 1 aliphatic rings. The summed E-state index contributed by atoms with van der Waals surface area (Å²) in [6, 6.07) is -1.38. The third kappa shape index (κ3) is 3.93. The van der Waals surface area contributed by atoms with Crippen LogP contribution in [0.25, 0.3) is 0 Å². The minimum Gasteiger partial charge on any atom is -0.481 e. The largest absolute Gasteiger partial charge is 0.481 e. The number of ether oxygens (including phenoxy) is 1. The van der Waals surface area contributed by atoms with Gasteiger partial charge in [0, 0.05) is 13.1 Å². The maximum absolute atomic E-state index is 12.2. The summed E-state index contributed by atoms with van der Waals surface area (Å²) in [5.41, 5.74) is 4.67. The molecule has 0 aromatic rings. The van der Waals surface area contributed by atoms with Gasteiger partial charge in [0.25, 0.3) is 5.91 Å². The van der Waals surface area contributed by atoms with Crippen molar-refractivity contribution in [3.63, 3.8) is 0 Å². The van der Waals surface area contributed by atoms with E-state index in [1.165, 1.54) is 4.90 Å². The van der Waals surface area contributed by atoms with Crippen molar-refractivity contribution in [1.82, 2.24) is 4.90 Å². The van der Waals surface area contributed by atoms with Gasteiger partial charge in [-0.15, -0.1) is 0 Å². The number of esters is 1. The number of nitrogens with zero attached hydrogens (tertiary/aromatic N) is 1. The fourth-order valence-corrected chi connectivity index (χ4v) is 2.81. The Labute approximate surface area is 124 Å². The number of carboxylic acids is 1. The molecule has 1 saturated heterocycles. The summed E-state index contributed by atoms with van der Waals surface area (Å²) in [5.74, 6) is -2.23. The maximum Gasteiger partial charge on any atom is 0.332 e. The monoisotopic (exact) mass is 300 g/mol. The lowest BCUT2D eigenvalue weighted by molar-refractivity contribution is -0.157. The summed E-state index contributed by atoms with van der Waals surface area (Å²) in [5, 5.41) is 9.49. The zero-order valence-corrected chi connectivity index (χ0v) is 12.6. The van der Waals surface area contributed by atoms with Gasteiger partial charge in [-0.3, -0.25) is 9.59 Å². The van der Waals surface area contributed by atoms with Gasteiger partial charge in [-0.05, 0) is 26.2 Å². The molecule has 1 fully saturated rings. The second-order valence-corrected chi connectivity index (χ2v) is 5.43. The summed E-state index contributed by atoms with van der Waals surface area (Å²) in [6.45, 7) is 4.21. The first-order chi connectivity index (χ1) is 9.88. The number of amides is 1. The lowest BCUT2D eigenvalue weighted by atomic mass is 9.76. The quantitative estimate of drug-likeness (QED) is 0.542. The standard InChI is InChI=1S/C14H24N2O5/c1-3-6-14(13(19)20)7-5-8-16(9-14)11(17)10(15)12(18)21-4-2/h10H,3-9,15H2,1-2H3,(H,19,20). The molecule has 1 rings (SSSR count). The van der Waals surface area contributed by atoms with Gasteiger partial charge in [-0.1, -0.05) is 13.3 Å². The van der Waals surface area contributed by atoms with Gasteiger partial charge in [0.2, 0.25) is 0 Å². The maximum atomic E-state index is 12.2. The van der Waals surface area contributed by atoms with Gasteiger partial charge in [-0.25, -0.2) is 4.79 Å². The van der Waals surface area contributed by atoms with E-state index in [0.717, 1.165) is 6.42 Å². The van der Waals surface area contributed by atoms with Gasteiger partial charge >= 0.3 is 11.9 Å². The van der Waals surface area contributed by atoms with Crippen LogP contribution >= 0.6 is 0 Å². The van der Waals surface area contributed by atoms with Gasteiger partial charge < -0.3 is 20.5 Å². The first-order valence-corrected chi connectivity index (χ1v) is 7.32. The molecule has 1 aliphatic heterocycles. The number of carbonyl (C=O) groups excluding carboxylic acids is 2. The van der Waals surface area contributed by atoms with Crippen molar-refractivity contribution in [2.24, 2.45) is 11.1 Å². The molecule has 2 atom stereocenters. The molecule has 0 radical (unpaired) electrons. The molecule has 2 unspecified atom stereocenters. The third-order valence-corrected chi connectivity index (χ3v) is 3.88. The van der Waals surface area contributed by atoms with Gasteiger partial charge in [-0.2, -0.15) is 0 Å². The molecular weight excluding hydrogens is 276 g/mol. The fraction of sp³-hybridized carbons (Fsp3) is 0.786. The topological polar surface area (TPSA) is 110 Å². The van der Waals surface area contributed by atoms with Crippen molar-refractivity contribution in [3.05, 3.63) is 0 Å². The summed E-state index contributed by atoms with van der Waals surface area (Å²) >= 11 is 0. The summed E-state index contributed by atoms with van der Waals surface area (Å²) in [4.78, 5) is 36.7. The van der Waals surface area contributed by atoms with E-state index in [1.54, 1.807) is 6.92 Å². The Morgan fingerprint density at radius 3 is 2.57 bits per heavy atom. The first-order valence-electron chi connectivity index (χ1n) is 7.32. The Morgan fingerprint density at radius 2 is 2.05 bits per heavy atom. The van der Waals surface area contributed by atoms with Crippen LogP contribution in [0.2, 0.25) is 0 Å². The van der Waals surface area contributed by atoms with Crippen LogP contribution in [-0.2, 0) is 19.1 Å². The van der Waals surface area contributed by atoms with E-state index >= 15 is 0 Å². The van der Waals surface area contributed by atoms with Gasteiger partial charge in [0.15, 0.2) is 6.04 Å². The van der Waals surface area contributed by atoms with E-state index < -0.39 is 29.3 Å². The van der Waals surface area contributed by atoms with Crippen LogP contribution in [0.1, 0.15) is 39.5 Å². The molecule has 0 aromatic heterocycles. The van der Waals surface area contributed by atoms with Crippen LogP contribution < -0.4 is 5.73 Å². The van der Waals surface area contributed by atoms with Crippen molar-refractivity contribution >= 4 is 17.8 Å². The average Bonchev–Trinajstić information content (AvgIpc) is 2.46. The van der Waals surface area contributed by atoms with Gasteiger partial charge in [0.05, 0.1) is 12.0 Å². The molecule has 1 heterocycles. The lowest BCUT2D eigenvalue weighted by Gasteiger charge is -2.40. The molecule has 21 heavy (non-hydrogen) atoms. The predicted molar refractivity (Wildman–Crippen MR) is 75.4 cm³/mol.